The van der Waals surface area contributed by atoms with Crippen molar-refractivity contribution in [2.24, 2.45) is 74.9 Å². The summed E-state index contributed by atoms with van der Waals surface area (Å²) in [5.74, 6) is 10.5. The Bertz CT molecular complexity index is 729. The van der Waals surface area contributed by atoms with Crippen LogP contribution < -0.4 is 0 Å². The number of hydrogen-bond donors (Lipinski definition) is 0. The van der Waals surface area contributed by atoms with Crippen molar-refractivity contribution in [3.63, 3.8) is 0 Å². The second-order valence-corrected chi connectivity index (χ2v) is 10.7. The lowest BCUT2D eigenvalue weighted by atomic mass is 8.76. The van der Waals surface area contributed by atoms with Gasteiger partial charge in [0.15, 0.2) is 0 Å². The molecule has 14 atom stereocenters. The first-order valence-corrected chi connectivity index (χ1v) is 9.06. The molecule has 0 amide bonds. The smallest absolute Gasteiger partial charge is 0.0522 e. The molecule has 0 heterocycles. The van der Waals surface area contributed by atoms with E-state index in [1.54, 1.807) is 25.7 Å². The lowest BCUT2D eigenvalue weighted by Crippen LogP contribution is -3.22. The zero-order valence-corrected chi connectivity index (χ0v) is 11.1. The molecular weight excluding hydrogens is 227 g/mol. The largest absolute Gasteiger partial charge is 0.0762 e. The maximum Gasteiger partial charge on any atom is 0.0762 e. The topological polar surface area (TPSA) is 0 Å². The Morgan fingerprint density at radius 3 is 2.32 bits per heavy atom. The molecule has 10 saturated carbocycles. The molecular formula is C18H17B. The van der Waals surface area contributed by atoms with Gasteiger partial charge in [0.2, 0.25) is 0 Å². The highest BCUT2D eigenvalue weighted by Crippen LogP contribution is 3.28. The van der Waals surface area contributed by atoms with Gasteiger partial charge in [0.05, 0.1) is 7.85 Å². The van der Waals surface area contributed by atoms with Crippen LogP contribution in [-0.2, 0) is 0 Å². The Balaban J connectivity index is 1.38. The van der Waals surface area contributed by atoms with Crippen molar-refractivity contribution in [2.75, 3.05) is 0 Å². The van der Waals surface area contributed by atoms with Gasteiger partial charge in [0, 0.05) is 0 Å². The van der Waals surface area contributed by atoms with Crippen LogP contribution in [0.4, 0.5) is 0 Å². The molecule has 2 radical (unpaired) electrons. The average Bonchev–Trinajstić information content (AvgIpc) is 2.28. The van der Waals surface area contributed by atoms with Crippen LogP contribution in [0.25, 0.3) is 0 Å². The molecule has 0 aromatic carbocycles. The van der Waals surface area contributed by atoms with Crippen molar-refractivity contribution >= 4 is 7.85 Å². The van der Waals surface area contributed by atoms with Crippen LogP contribution >= 0.6 is 0 Å². The summed E-state index contributed by atoms with van der Waals surface area (Å²) in [6.45, 7) is 0. The van der Waals surface area contributed by atoms with Crippen molar-refractivity contribution in [3.8, 4) is 0 Å². The van der Waals surface area contributed by atoms with Gasteiger partial charge in [-0.1, -0.05) is 5.31 Å². The predicted octanol–water partition coefficient (Wildman–Crippen LogP) is 2.50. The Kier molecular flexibility index (Phi) is 0.587. The van der Waals surface area contributed by atoms with E-state index in [-0.39, 0.29) is 0 Å². The summed E-state index contributed by atoms with van der Waals surface area (Å²) in [6.07, 6.45) is 6.47. The summed E-state index contributed by atoms with van der Waals surface area (Å²) in [5.41, 5.74) is 3.63. The minimum Gasteiger partial charge on any atom is -0.0522 e. The maximum absolute atomic E-state index is 7.22. The van der Waals surface area contributed by atoms with Gasteiger partial charge in [-0.3, -0.25) is 0 Å². The van der Waals surface area contributed by atoms with E-state index in [4.69, 9.17) is 7.85 Å². The van der Waals surface area contributed by atoms with Gasteiger partial charge in [-0.05, 0) is 101 Å². The van der Waals surface area contributed by atoms with Gasteiger partial charge in [-0.2, -0.15) is 0 Å². The Labute approximate surface area is 114 Å². The maximum atomic E-state index is 7.22. The minimum atomic E-state index is 0.420. The fourth-order valence-electron chi connectivity index (χ4n) is 14.2. The summed E-state index contributed by atoms with van der Waals surface area (Å²) < 4.78 is 0. The van der Waals surface area contributed by atoms with Crippen molar-refractivity contribution in [1.82, 2.24) is 0 Å². The lowest BCUT2D eigenvalue weighted by molar-refractivity contribution is -0.770. The quantitative estimate of drug-likeness (QED) is 0.574. The molecule has 0 nitrogen and oxygen atoms in total. The number of hydrogen-bond acceptors (Lipinski definition) is 0. The molecule has 92 valence electrons. The Morgan fingerprint density at radius 1 is 0.789 bits per heavy atom. The first-order chi connectivity index (χ1) is 9.27. The summed E-state index contributed by atoms with van der Waals surface area (Å²) in [7, 11) is 7.22. The summed E-state index contributed by atoms with van der Waals surface area (Å²) in [4.78, 5) is 0. The molecule has 10 aliphatic carbocycles. The van der Waals surface area contributed by atoms with Crippen LogP contribution in [-0.4, -0.2) is 7.85 Å². The van der Waals surface area contributed by atoms with Crippen LogP contribution in [0.5, 0.6) is 0 Å². The Morgan fingerprint density at radius 2 is 1.53 bits per heavy atom. The van der Waals surface area contributed by atoms with Crippen LogP contribution in [0.3, 0.4) is 0 Å². The van der Waals surface area contributed by atoms with Crippen molar-refractivity contribution < 1.29 is 0 Å². The average molecular weight is 244 g/mol. The molecule has 10 rings (SSSR count). The zero-order valence-electron chi connectivity index (χ0n) is 11.1. The van der Waals surface area contributed by atoms with E-state index >= 15 is 0 Å². The lowest BCUT2D eigenvalue weighted by Gasteiger charge is -3.26. The monoisotopic (exact) mass is 244 g/mol. The minimum absolute atomic E-state index is 0.420. The second-order valence-electron chi connectivity index (χ2n) is 10.7. The van der Waals surface area contributed by atoms with Crippen LogP contribution in [0, 0.1) is 74.9 Å². The van der Waals surface area contributed by atoms with Crippen molar-refractivity contribution in [2.45, 2.75) is 31.0 Å². The first-order valence-electron chi connectivity index (χ1n) is 9.06. The van der Waals surface area contributed by atoms with Gasteiger partial charge in [-0.25, -0.2) is 0 Å². The summed E-state index contributed by atoms with van der Waals surface area (Å²) in [5, 5.41) is 0.420. The van der Waals surface area contributed by atoms with E-state index in [0.29, 0.717) is 5.31 Å². The van der Waals surface area contributed by atoms with E-state index in [2.05, 4.69) is 0 Å². The molecule has 10 aliphatic rings. The fraction of sp³-hybridized carbons (Fsp3) is 1.00. The van der Waals surface area contributed by atoms with Gasteiger partial charge in [0.1, 0.15) is 0 Å². The third kappa shape index (κ3) is 0.259. The molecule has 1 heteroatoms. The second kappa shape index (κ2) is 1.41. The van der Waals surface area contributed by atoms with Crippen molar-refractivity contribution in [1.29, 1.82) is 0 Å². The molecule has 10 fully saturated rings. The molecule has 19 heavy (non-hydrogen) atoms. The molecule has 0 saturated heterocycles. The van der Waals surface area contributed by atoms with Crippen LogP contribution in [0.2, 0.25) is 5.31 Å². The van der Waals surface area contributed by atoms with Crippen LogP contribution in [0.15, 0.2) is 0 Å². The molecule has 0 N–H and O–H groups in total. The zero-order chi connectivity index (χ0) is 11.5. The number of fused-ring (bicyclic) bond motifs is 6. The van der Waals surface area contributed by atoms with Gasteiger partial charge in [-0.15, -0.1) is 0 Å². The molecule has 0 bridgehead atoms. The van der Waals surface area contributed by atoms with E-state index in [1.165, 1.54) is 35.5 Å². The van der Waals surface area contributed by atoms with E-state index in [1.807, 2.05) is 0 Å². The first kappa shape index (κ1) is 7.90. The molecule has 0 aromatic rings. The molecule has 0 aliphatic heterocycles. The van der Waals surface area contributed by atoms with Gasteiger partial charge < -0.3 is 0 Å². The molecule has 14 unspecified atom stereocenters. The number of rotatable bonds is 0. The van der Waals surface area contributed by atoms with E-state index < -0.39 is 0 Å². The van der Waals surface area contributed by atoms with E-state index in [0.717, 1.165) is 39.4 Å². The van der Waals surface area contributed by atoms with Gasteiger partial charge in [0.25, 0.3) is 0 Å². The van der Waals surface area contributed by atoms with Gasteiger partial charge >= 0.3 is 0 Å². The SMILES string of the molecule is [B]C12C3CC4CC5C6C7C8CC9CC%10C1C7(C98%10)C62C453. The van der Waals surface area contributed by atoms with Crippen LogP contribution in [0.1, 0.15) is 25.7 Å². The predicted molar refractivity (Wildman–Crippen MR) is 68.1 cm³/mol. The highest BCUT2D eigenvalue weighted by molar-refractivity contribution is 6.21. The highest BCUT2D eigenvalue weighted by Gasteiger charge is 3.23. The summed E-state index contributed by atoms with van der Waals surface area (Å²) >= 11 is 0. The standard InChI is InChI=1S/C18H17B/c19-17-10-4-6-2-8-12-11-7-1-5-3-9-13(17)16(11,14(5,7)9)18(12,17)15(6,8)10/h5-13H,1-4H2. The molecule has 0 aromatic heterocycles. The normalized spacial score (nSPS) is 107. The third-order valence-corrected chi connectivity index (χ3v) is 12.9. The van der Waals surface area contributed by atoms with E-state index in [9.17, 15) is 0 Å². The molecule has 4 spiro atoms. The highest BCUT2D eigenvalue weighted by atomic mass is 15.3. The Hall–Kier alpha value is 0.0649. The van der Waals surface area contributed by atoms with Crippen molar-refractivity contribution in [3.05, 3.63) is 0 Å². The fourth-order valence-corrected chi connectivity index (χ4v) is 14.2. The summed E-state index contributed by atoms with van der Waals surface area (Å²) in [6, 6.07) is 0. The third-order valence-electron chi connectivity index (χ3n) is 12.9.